The standard InChI is InChI=1S/C15H14O5/c16-14-7-6-12(10-13(14)15(17)18)20-9-8-19-11-4-2-1-3-5-11/h1-7,10,16H,8-9H2,(H,17,18). The van der Waals surface area contributed by atoms with Gasteiger partial charge in [0.2, 0.25) is 0 Å². The highest BCUT2D eigenvalue weighted by Gasteiger charge is 2.10. The Balaban J connectivity index is 1.85. The van der Waals surface area contributed by atoms with Gasteiger partial charge in [0, 0.05) is 0 Å². The lowest BCUT2D eigenvalue weighted by atomic mass is 10.2. The Morgan fingerprint density at radius 3 is 2.25 bits per heavy atom. The van der Waals surface area contributed by atoms with E-state index < -0.39 is 5.97 Å². The summed E-state index contributed by atoms with van der Waals surface area (Å²) < 4.78 is 10.8. The van der Waals surface area contributed by atoms with Crippen molar-refractivity contribution in [1.29, 1.82) is 0 Å². The maximum absolute atomic E-state index is 10.8. The quantitative estimate of drug-likeness (QED) is 0.792. The number of carboxylic acids is 1. The van der Waals surface area contributed by atoms with Crippen molar-refractivity contribution in [2.24, 2.45) is 0 Å². The number of hydrogen-bond donors (Lipinski definition) is 2. The summed E-state index contributed by atoms with van der Waals surface area (Å²) >= 11 is 0. The molecule has 20 heavy (non-hydrogen) atoms. The van der Waals surface area contributed by atoms with Gasteiger partial charge < -0.3 is 19.7 Å². The fourth-order valence-corrected chi connectivity index (χ4v) is 1.61. The number of hydrogen-bond acceptors (Lipinski definition) is 4. The normalized spacial score (nSPS) is 10.0. The molecule has 0 aromatic heterocycles. The lowest BCUT2D eigenvalue weighted by Gasteiger charge is -2.09. The SMILES string of the molecule is O=C(O)c1cc(OCCOc2ccccc2)ccc1O. The Morgan fingerprint density at radius 1 is 0.950 bits per heavy atom. The summed E-state index contributed by atoms with van der Waals surface area (Å²) in [5.41, 5.74) is -0.188. The number of ether oxygens (including phenoxy) is 2. The molecule has 5 nitrogen and oxygen atoms in total. The van der Waals surface area contributed by atoms with E-state index >= 15 is 0 Å². The Kier molecular flexibility index (Phi) is 4.44. The van der Waals surface area contributed by atoms with Crippen molar-refractivity contribution in [1.82, 2.24) is 0 Å². The van der Waals surface area contributed by atoms with Crippen LogP contribution in [0.25, 0.3) is 0 Å². The number of phenols is 1. The molecule has 0 spiro atoms. The smallest absolute Gasteiger partial charge is 0.339 e. The molecular weight excluding hydrogens is 260 g/mol. The van der Waals surface area contributed by atoms with Gasteiger partial charge in [0.1, 0.15) is 36.0 Å². The topological polar surface area (TPSA) is 76.0 Å². The fourth-order valence-electron chi connectivity index (χ4n) is 1.61. The maximum atomic E-state index is 10.8. The molecule has 5 heteroatoms. The minimum absolute atomic E-state index is 0.188. The van der Waals surface area contributed by atoms with Crippen molar-refractivity contribution in [2.75, 3.05) is 13.2 Å². The molecular formula is C15H14O5. The molecule has 0 amide bonds. The van der Waals surface area contributed by atoms with E-state index in [4.69, 9.17) is 14.6 Å². The molecule has 0 radical (unpaired) electrons. The Bertz CT molecular complexity index is 580. The minimum Gasteiger partial charge on any atom is -0.507 e. The zero-order valence-corrected chi connectivity index (χ0v) is 10.7. The first-order chi connectivity index (χ1) is 9.66. The third-order valence-electron chi connectivity index (χ3n) is 2.56. The first kappa shape index (κ1) is 13.7. The van der Waals surface area contributed by atoms with Crippen LogP contribution in [0.5, 0.6) is 17.2 Å². The predicted molar refractivity (Wildman–Crippen MR) is 72.5 cm³/mol. The number of para-hydroxylation sites is 1. The molecule has 2 rings (SSSR count). The van der Waals surface area contributed by atoms with E-state index in [0.29, 0.717) is 12.4 Å². The van der Waals surface area contributed by atoms with Gasteiger partial charge in [-0.25, -0.2) is 4.79 Å². The summed E-state index contributed by atoms with van der Waals surface area (Å²) in [6.45, 7) is 0.617. The molecule has 0 heterocycles. The van der Waals surface area contributed by atoms with E-state index in [0.717, 1.165) is 5.75 Å². The Labute approximate surface area is 116 Å². The second kappa shape index (κ2) is 6.47. The summed E-state index contributed by atoms with van der Waals surface area (Å²) in [5.74, 6) is -0.372. The van der Waals surface area contributed by atoms with E-state index in [1.165, 1.54) is 18.2 Å². The molecule has 0 saturated carbocycles. The van der Waals surface area contributed by atoms with Gasteiger partial charge in [-0.3, -0.25) is 0 Å². The highest BCUT2D eigenvalue weighted by molar-refractivity contribution is 5.91. The van der Waals surface area contributed by atoms with Crippen molar-refractivity contribution in [3.05, 3.63) is 54.1 Å². The van der Waals surface area contributed by atoms with Crippen LogP contribution in [0.4, 0.5) is 0 Å². The van der Waals surface area contributed by atoms with E-state index in [2.05, 4.69) is 0 Å². The van der Waals surface area contributed by atoms with Gasteiger partial charge in [0.05, 0.1) is 0 Å². The molecule has 2 aromatic rings. The largest absolute Gasteiger partial charge is 0.507 e. The molecule has 104 valence electrons. The van der Waals surface area contributed by atoms with Gasteiger partial charge >= 0.3 is 5.97 Å². The molecule has 2 N–H and O–H groups in total. The van der Waals surface area contributed by atoms with Gasteiger partial charge in [-0.1, -0.05) is 18.2 Å². The molecule has 0 saturated heterocycles. The fraction of sp³-hybridized carbons (Fsp3) is 0.133. The number of carboxylic acid groups (broad SMARTS) is 1. The summed E-state index contributed by atoms with van der Waals surface area (Å²) in [6, 6.07) is 13.4. The molecule has 0 aliphatic heterocycles. The van der Waals surface area contributed by atoms with Gasteiger partial charge in [-0.2, -0.15) is 0 Å². The lowest BCUT2D eigenvalue weighted by Crippen LogP contribution is -2.09. The zero-order chi connectivity index (χ0) is 14.4. The summed E-state index contributed by atoms with van der Waals surface area (Å²) in [5, 5.41) is 18.2. The molecule has 0 unspecified atom stereocenters. The van der Waals surface area contributed by atoms with E-state index in [1.54, 1.807) is 0 Å². The number of rotatable bonds is 6. The first-order valence-electron chi connectivity index (χ1n) is 6.04. The monoisotopic (exact) mass is 274 g/mol. The highest BCUT2D eigenvalue weighted by Crippen LogP contribution is 2.22. The summed E-state index contributed by atoms with van der Waals surface area (Å²) in [7, 11) is 0. The average Bonchev–Trinajstić information content (AvgIpc) is 2.46. The number of benzene rings is 2. The van der Waals surface area contributed by atoms with Crippen molar-refractivity contribution in [2.45, 2.75) is 0 Å². The molecule has 0 aliphatic carbocycles. The highest BCUT2D eigenvalue weighted by atomic mass is 16.5. The third kappa shape index (κ3) is 3.65. The summed E-state index contributed by atoms with van der Waals surface area (Å²) in [4.78, 5) is 10.8. The average molecular weight is 274 g/mol. The van der Waals surface area contributed by atoms with Gasteiger partial charge in [-0.15, -0.1) is 0 Å². The van der Waals surface area contributed by atoms with E-state index in [-0.39, 0.29) is 17.9 Å². The van der Waals surface area contributed by atoms with E-state index in [9.17, 15) is 9.90 Å². The van der Waals surface area contributed by atoms with Crippen LogP contribution in [-0.4, -0.2) is 29.4 Å². The van der Waals surface area contributed by atoms with Crippen LogP contribution >= 0.6 is 0 Å². The first-order valence-corrected chi connectivity index (χ1v) is 6.04. The van der Waals surface area contributed by atoms with Crippen molar-refractivity contribution < 1.29 is 24.5 Å². The zero-order valence-electron chi connectivity index (χ0n) is 10.7. The second-order valence-corrected chi connectivity index (χ2v) is 3.99. The van der Waals surface area contributed by atoms with Crippen LogP contribution in [-0.2, 0) is 0 Å². The summed E-state index contributed by atoms with van der Waals surface area (Å²) in [6.07, 6.45) is 0. The second-order valence-electron chi connectivity index (χ2n) is 3.99. The maximum Gasteiger partial charge on any atom is 0.339 e. The van der Waals surface area contributed by atoms with Gasteiger partial charge in [0.25, 0.3) is 0 Å². The minimum atomic E-state index is -1.20. The molecule has 0 atom stereocenters. The van der Waals surface area contributed by atoms with Crippen molar-refractivity contribution in [3.8, 4) is 17.2 Å². The Morgan fingerprint density at radius 2 is 1.60 bits per heavy atom. The van der Waals surface area contributed by atoms with Gasteiger partial charge in [-0.05, 0) is 30.3 Å². The van der Waals surface area contributed by atoms with Crippen LogP contribution in [0.1, 0.15) is 10.4 Å². The lowest BCUT2D eigenvalue weighted by molar-refractivity contribution is 0.0693. The van der Waals surface area contributed by atoms with E-state index in [1.807, 2.05) is 30.3 Å². The van der Waals surface area contributed by atoms with Crippen LogP contribution in [0, 0.1) is 0 Å². The molecule has 0 bridgehead atoms. The number of aromatic carboxylic acids is 1. The van der Waals surface area contributed by atoms with Crippen LogP contribution in [0.15, 0.2) is 48.5 Å². The molecule has 0 aliphatic rings. The predicted octanol–water partition coefficient (Wildman–Crippen LogP) is 2.55. The van der Waals surface area contributed by atoms with Crippen LogP contribution < -0.4 is 9.47 Å². The third-order valence-corrected chi connectivity index (χ3v) is 2.56. The molecule has 0 fully saturated rings. The van der Waals surface area contributed by atoms with Crippen molar-refractivity contribution >= 4 is 5.97 Å². The van der Waals surface area contributed by atoms with Crippen LogP contribution in [0.2, 0.25) is 0 Å². The number of carbonyl (C=O) groups is 1. The van der Waals surface area contributed by atoms with Crippen LogP contribution in [0.3, 0.4) is 0 Å². The number of aromatic hydroxyl groups is 1. The van der Waals surface area contributed by atoms with Crippen molar-refractivity contribution in [3.63, 3.8) is 0 Å². The molecule has 2 aromatic carbocycles. The van der Waals surface area contributed by atoms with Gasteiger partial charge in [0.15, 0.2) is 0 Å². The Hall–Kier alpha value is -2.69.